The fourth-order valence-corrected chi connectivity index (χ4v) is 12.4. The van der Waals surface area contributed by atoms with Crippen LogP contribution in [0.3, 0.4) is 0 Å². The van der Waals surface area contributed by atoms with Crippen molar-refractivity contribution in [3.8, 4) is 45.1 Å². The second-order valence-electron chi connectivity index (χ2n) is 19.5. The fourth-order valence-electron chi connectivity index (χ4n) is 12.4. The molecule has 0 aliphatic carbocycles. The molecule has 5 aromatic heterocycles. The first-order valence-electron chi connectivity index (χ1n) is 25.4. The molecule has 344 valence electrons. The molecule has 0 saturated carbocycles. The highest BCUT2D eigenvalue weighted by Crippen LogP contribution is 2.42. The molecule has 0 atom stereocenters. The molecule has 0 N–H and O–H groups in total. The molecule has 0 unspecified atom stereocenters. The number of hydrogen-bond acceptors (Lipinski definition) is 1. The predicted octanol–water partition coefficient (Wildman–Crippen LogP) is 18.0. The summed E-state index contributed by atoms with van der Waals surface area (Å²) in [6.45, 7) is 0. The molecule has 0 saturated heterocycles. The van der Waals surface area contributed by atoms with Gasteiger partial charge in [-0.3, -0.25) is 4.57 Å². The molecule has 0 amide bonds. The molecule has 0 aliphatic rings. The number of benzene rings is 11. The molecule has 0 fully saturated rings. The van der Waals surface area contributed by atoms with E-state index in [1.165, 1.54) is 81.8 Å². The molecule has 5 heteroatoms. The van der Waals surface area contributed by atoms with Gasteiger partial charge >= 0.3 is 0 Å². The first-order chi connectivity index (χ1) is 36.7. The highest BCUT2D eigenvalue weighted by atomic mass is 15.1. The average Bonchev–Trinajstić information content (AvgIpc) is 4.20. The molecule has 0 spiro atoms. The predicted molar refractivity (Wildman–Crippen MR) is 310 cm³/mol. The Morgan fingerprint density at radius 3 is 1.12 bits per heavy atom. The lowest BCUT2D eigenvalue weighted by Gasteiger charge is -2.15. The Labute approximate surface area is 425 Å². The quantitative estimate of drug-likeness (QED) is 0.163. The second-order valence-corrected chi connectivity index (χ2v) is 19.5. The highest BCUT2D eigenvalue weighted by Gasteiger charge is 2.21. The first-order valence-corrected chi connectivity index (χ1v) is 25.4. The zero-order valence-corrected chi connectivity index (χ0v) is 40.1. The number of para-hydroxylation sites is 6. The van der Waals surface area contributed by atoms with Crippen LogP contribution in [-0.2, 0) is 0 Å². The topological polar surface area (TPSA) is 32.6 Å². The molecule has 5 heterocycles. The van der Waals surface area contributed by atoms with Crippen LogP contribution in [0.25, 0.3) is 143 Å². The Balaban J connectivity index is 0.870. The SMILES string of the molecule is c1ccc(-n2c3ccccc3c3cc(-c4ccc5c6ccccc6n(-c6cccc7c(-n8c9ccccc9c9ccc(-c%10ccc%11c(c%10)c%10ccccc%10n%11-c%10ccccc%10)cc98)nccc67)c5c4)ccc32)cc1. The summed E-state index contributed by atoms with van der Waals surface area (Å²) < 4.78 is 9.61. The Hall–Kier alpha value is -9.97. The van der Waals surface area contributed by atoms with Gasteiger partial charge in [-0.1, -0.05) is 158 Å². The Bertz CT molecular complexity index is 4640. The smallest absolute Gasteiger partial charge is 0.145 e. The van der Waals surface area contributed by atoms with E-state index in [0.29, 0.717) is 0 Å². The number of rotatable bonds is 6. The standard InChI is InChI=1S/C69H43N5/c1-3-16-48(17-4-1)71-60-25-11-9-22-52(60)58-40-44(32-36-65(58)71)46-30-34-54-50-20-7-13-27-62(50)73(67(54)42-46)63-29-15-24-57-56(63)38-39-70-69(57)74-64-28-14-8-21-51(64)55-35-31-47(43-68(55)74)45-33-37-66-59(41-45)53-23-10-12-26-61(53)72(66)49-18-5-2-6-19-49/h1-43H. The molecule has 0 bridgehead atoms. The zero-order chi connectivity index (χ0) is 48.4. The lowest BCUT2D eigenvalue weighted by atomic mass is 10.0. The van der Waals surface area contributed by atoms with Crippen LogP contribution in [0, 0.1) is 0 Å². The summed E-state index contributed by atoms with van der Waals surface area (Å²) in [5.41, 5.74) is 17.5. The second kappa shape index (κ2) is 15.8. The van der Waals surface area contributed by atoms with Crippen molar-refractivity contribution in [2.24, 2.45) is 0 Å². The molecule has 0 aliphatic heterocycles. The van der Waals surface area contributed by atoms with E-state index >= 15 is 0 Å². The van der Waals surface area contributed by atoms with Crippen LogP contribution in [0.4, 0.5) is 0 Å². The average molecular weight is 942 g/mol. The van der Waals surface area contributed by atoms with Crippen molar-refractivity contribution in [3.05, 3.63) is 261 Å². The minimum atomic E-state index is 0.901. The van der Waals surface area contributed by atoms with Crippen LogP contribution in [-0.4, -0.2) is 23.3 Å². The van der Waals surface area contributed by atoms with Gasteiger partial charge in [-0.05, 0) is 119 Å². The van der Waals surface area contributed by atoms with E-state index in [0.717, 1.165) is 61.3 Å². The van der Waals surface area contributed by atoms with E-state index in [1.54, 1.807) is 0 Å². The van der Waals surface area contributed by atoms with Gasteiger partial charge in [0.15, 0.2) is 0 Å². The summed E-state index contributed by atoms with van der Waals surface area (Å²) >= 11 is 0. The van der Waals surface area contributed by atoms with Crippen molar-refractivity contribution in [2.45, 2.75) is 0 Å². The summed E-state index contributed by atoms with van der Waals surface area (Å²) in [7, 11) is 0. The van der Waals surface area contributed by atoms with Gasteiger partial charge in [0, 0.05) is 71.4 Å². The number of nitrogens with zero attached hydrogens (tertiary/aromatic N) is 5. The molecule has 11 aromatic carbocycles. The van der Waals surface area contributed by atoms with Crippen molar-refractivity contribution < 1.29 is 0 Å². The van der Waals surface area contributed by atoms with E-state index < -0.39 is 0 Å². The van der Waals surface area contributed by atoms with Crippen molar-refractivity contribution in [1.82, 2.24) is 23.3 Å². The number of fused-ring (bicyclic) bond motifs is 13. The van der Waals surface area contributed by atoms with Crippen molar-refractivity contribution >= 4 is 98.0 Å². The van der Waals surface area contributed by atoms with Gasteiger partial charge in [0.1, 0.15) is 5.82 Å². The van der Waals surface area contributed by atoms with Crippen LogP contribution in [0.5, 0.6) is 0 Å². The van der Waals surface area contributed by atoms with Gasteiger partial charge in [0.25, 0.3) is 0 Å². The molecule has 16 aromatic rings. The van der Waals surface area contributed by atoms with Gasteiger partial charge in [-0.2, -0.15) is 0 Å². The van der Waals surface area contributed by atoms with Gasteiger partial charge in [0.2, 0.25) is 0 Å². The van der Waals surface area contributed by atoms with Gasteiger partial charge < -0.3 is 13.7 Å². The Morgan fingerprint density at radius 1 is 0.216 bits per heavy atom. The maximum absolute atomic E-state index is 5.28. The zero-order valence-electron chi connectivity index (χ0n) is 40.1. The van der Waals surface area contributed by atoms with Crippen LogP contribution in [0.1, 0.15) is 0 Å². The lowest BCUT2D eigenvalue weighted by Crippen LogP contribution is -2.01. The van der Waals surface area contributed by atoms with Gasteiger partial charge in [-0.15, -0.1) is 0 Å². The third-order valence-electron chi connectivity index (χ3n) is 15.6. The normalized spacial score (nSPS) is 12.1. The van der Waals surface area contributed by atoms with Gasteiger partial charge in [0.05, 0.1) is 49.8 Å². The maximum atomic E-state index is 5.28. The third-order valence-corrected chi connectivity index (χ3v) is 15.6. The summed E-state index contributed by atoms with van der Waals surface area (Å²) in [6.07, 6.45) is 1.99. The Morgan fingerprint density at radius 2 is 0.595 bits per heavy atom. The van der Waals surface area contributed by atoms with Crippen LogP contribution < -0.4 is 0 Å². The lowest BCUT2D eigenvalue weighted by molar-refractivity contribution is 1.10. The van der Waals surface area contributed by atoms with Crippen molar-refractivity contribution in [3.63, 3.8) is 0 Å². The molecule has 5 nitrogen and oxygen atoms in total. The van der Waals surface area contributed by atoms with E-state index in [-0.39, 0.29) is 0 Å². The minimum Gasteiger partial charge on any atom is -0.309 e. The first kappa shape index (κ1) is 40.7. The summed E-state index contributed by atoms with van der Waals surface area (Å²) in [6, 6.07) is 93.1. The number of hydrogen-bond donors (Lipinski definition) is 0. The van der Waals surface area contributed by atoms with Crippen molar-refractivity contribution in [2.75, 3.05) is 0 Å². The van der Waals surface area contributed by atoms with E-state index in [9.17, 15) is 0 Å². The number of aromatic nitrogens is 5. The Kier molecular flexibility index (Phi) is 8.68. The monoisotopic (exact) mass is 941 g/mol. The molecular formula is C69H43N5. The fraction of sp³-hybridized carbons (Fsp3) is 0. The molecule has 74 heavy (non-hydrogen) atoms. The van der Waals surface area contributed by atoms with E-state index in [2.05, 4.69) is 273 Å². The van der Waals surface area contributed by atoms with Crippen LogP contribution in [0.2, 0.25) is 0 Å². The molecular weight excluding hydrogens is 899 g/mol. The van der Waals surface area contributed by atoms with E-state index in [1.807, 2.05) is 6.20 Å². The molecule has 16 rings (SSSR count). The number of pyridine rings is 1. The largest absolute Gasteiger partial charge is 0.309 e. The van der Waals surface area contributed by atoms with Crippen LogP contribution >= 0.6 is 0 Å². The van der Waals surface area contributed by atoms with Gasteiger partial charge in [-0.25, -0.2) is 4.98 Å². The summed E-state index contributed by atoms with van der Waals surface area (Å²) in [4.78, 5) is 5.28. The van der Waals surface area contributed by atoms with Crippen molar-refractivity contribution in [1.29, 1.82) is 0 Å². The summed E-state index contributed by atoms with van der Waals surface area (Å²) in [5.74, 6) is 0.901. The summed E-state index contributed by atoms with van der Waals surface area (Å²) in [5, 5.41) is 12.0. The van der Waals surface area contributed by atoms with Crippen LogP contribution in [0.15, 0.2) is 261 Å². The minimum absolute atomic E-state index is 0.901. The van der Waals surface area contributed by atoms with E-state index in [4.69, 9.17) is 4.98 Å². The third kappa shape index (κ3) is 5.89. The molecule has 0 radical (unpaired) electrons. The highest BCUT2D eigenvalue weighted by molar-refractivity contribution is 6.16. The maximum Gasteiger partial charge on any atom is 0.145 e.